The molecule has 0 saturated carbocycles. The summed E-state index contributed by atoms with van der Waals surface area (Å²) in [5.41, 5.74) is 4.50. The number of hydrogen-bond acceptors (Lipinski definition) is 3. The third kappa shape index (κ3) is 6.13. The zero-order chi connectivity index (χ0) is 10.6. The van der Waals surface area contributed by atoms with E-state index in [9.17, 15) is 9.59 Å². The lowest BCUT2D eigenvalue weighted by molar-refractivity contribution is -0.156. The average Bonchev–Trinajstić information content (AvgIpc) is 1.81. The lowest BCUT2D eigenvalue weighted by Crippen LogP contribution is -2.28. The lowest BCUT2D eigenvalue weighted by atomic mass is 10.1. The van der Waals surface area contributed by atoms with Crippen LogP contribution in [0.2, 0.25) is 0 Å². The number of esters is 1. The number of rotatable bonds is 3. The van der Waals surface area contributed by atoms with Gasteiger partial charge in [0.15, 0.2) is 0 Å². The Kier molecular flexibility index (Phi) is 3.91. The molecule has 76 valence electrons. The highest BCUT2D eigenvalue weighted by Gasteiger charge is 2.20. The van der Waals surface area contributed by atoms with Gasteiger partial charge in [-0.15, -0.1) is 0 Å². The Bertz CT molecular complexity index is 205. The van der Waals surface area contributed by atoms with Gasteiger partial charge in [0.25, 0.3) is 0 Å². The molecule has 0 aromatic rings. The van der Waals surface area contributed by atoms with Crippen LogP contribution in [0, 0.1) is 5.92 Å². The topological polar surface area (TPSA) is 69.4 Å². The van der Waals surface area contributed by atoms with E-state index in [1.807, 2.05) is 0 Å². The van der Waals surface area contributed by atoms with Crippen LogP contribution in [0.4, 0.5) is 0 Å². The highest BCUT2D eigenvalue weighted by atomic mass is 16.6. The molecule has 0 rings (SSSR count). The van der Waals surface area contributed by atoms with Crippen LogP contribution in [0.1, 0.15) is 34.1 Å². The molecule has 1 amide bonds. The van der Waals surface area contributed by atoms with Gasteiger partial charge in [0.1, 0.15) is 5.60 Å². The zero-order valence-electron chi connectivity index (χ0n) is 8.59. The van der Waals surface area contributed by atoms with Gasteiger partial charge in [-0.1, -0.05) is 6.92 Å². The quantitative estimate of drug-likeness (QED) is 0.665. The molecule has 1 atom stereocenters. The van der Waals surface area contributed by atoms with Crippen LogP contribution in [0.5, 0.6) is 0 Å². The largest absolute Gasteiger partial charge is 0.460 e. The van der Waals surface area contributed by atoms with Crippen molar-refractivity contribution in [2.45, 2.75) is 39.7 Å². The normalized spacial score (nSPS) is 13.5. The van der Waals surface area contributed by atoms with Gasteiger partial charge in [-0.05, 0) is 20.8 Å². The van der Waals surface area contributed by atoms with E-state index in [0.717, 1.165) is 0 Å². The molecule has 0 aliphatic rings. The molecule has 13 heavy (non-hydrogen) atoms. The molecule has 0 spiro atoms. The van der Waals surface area contributed by atoms with Crippen LogP contribution in [-0.4, -0.2) is 17.5 Å². The van der Waals surface area contributed by atoms with Crippen LogP contribution in [0.3, 0.4) is 0 Å². The maximum Gasteiger partial charge on any atom is 0.307 e. The molecule has 0 unspecified atom stereocenters. The summed E-state index contributed by atoms with van der Waals surface area (Å²) in [5, 5.41) is 0. The van der Waals surface area contributed by atoms with E-state index in [4.69, 9.17) is 10.5 Å². The molecule has 0 bridgehead atoms. The molecule has 4 nitrogen and oxygen atoms in total. The van der Waals surface area contributed by atoms with E-state index in [1.165, 1.54) is 0 Å². The summed E-state index contributed by atoms with van der Waals surface area (Å²) in [7, 11) is 0. The number of carbonyl (C=O) groups excluding carboxylic acids is 2. The second kappa shape index (κ2) is 4.25. The van der Waals surface area contributed by atoms with E-state index < -0.39 is 17.4 Å². The second-order valence-corrected chi connectivity index (χ2v) is 4.09. The summed E-state index contributed by atoms with van der Waals surface area (Å²) in [6.07, 6.45) is 0.0482. The maximum atomic E-state index is 11.1. The molecule has 0 aliphatic carbocycles. The standard InChI is InChI=1S/C9H17NO3/c1-6(8(10)12)5-7(11)13-9(2,3)4/h6H,5H2,1-4H3,(H2,10,12)/t6-/m1/s1. The first kappa shape index (κ1) is 11.9. The first-order chi connectivity index (χ1) is 5.72. The van der Waals surface area contributed by atoms with E-state index in [-0.39, 0.29) is 12.4 Å². The lowest BCUT2D eigenvalue weighted by Gasteiger charge is -2.20. The SMILES string of the molecule is C[C@H](CC(=O)OC(C)(C)C)C(N)=O. The first-order valence-electron chi connectivity index (χ1n) is 4.23. The third-order valence-corrected chi connectivity index (χ3v) is 1.38. The van der Waals surface area contributed by atoms with Gasteiger partial charge in [-0.3, -0.25) is 9.59 Å². The van der Waals surface area contributed by atoms with Crippen LogP contribution >= 0.6 is 0 Å². The highest BCUT2D eigenvalue weighted by Crippen LogP contribution is 2.11. The van der Waals surface area contributed by atoms with Crippen molar-refractivity contribution in [1.29, 1.82) is 0 Å². The van der Waals surface area contributed by atoms with Crippen LogP contribution in [-0.2, 0) is 14.3 Å². The smallest absolute Gasteiger partial charge is 0.307 e. The van der Waals surface area contributed by atoms with Crippen molar-refractivity contribution in [3.05, 3.63) is 0 Å². The summed E-state index contributed by atoms with van der Waals surface area (Å²) in [6.45, 7) is 6.94. The van der Waals surface area contributed by atoms with E-state index in [1.54, 1.807) is 27.7 Å². The fraction of sp³-hybridized carbons (Fsp3) is 0.778. The number of hydrogen-bond donors (Lipinski definition) is 1. The van der Waals surface area contributed by atoms with Crippen molar-refractivity contribution < 1.29 is 14.3 Å². The summed E-state index contributed by atoms with van der Waals surface area (Å²) in [6, 6.07) is 0. The van der Waals surface area contributed by atoms with Gasteiger partial charge < -0.3 is 10.5 Å². The minimum Gasteiger partial charge on any atom is -0.460 e. The number of nitrogens with two attached hydrogens (primary N) is 1. The monoisotopic (exact) mass is 187 g/mol. The van der Waals surface area contributed by atoms with Crippen LogP contribution in [0.15, 0.2) is 0 Å². The molecule has 2 N–H and O–H groups in total. The van der Waals surface area contributed by atoms with Crippen molar-refractivity contribution in [2.24, 2.45) is 11.7 Å². The Morgan fingerprint density at radius 1 is 1.38 bits per heavy atom. The third-order valence-electron chi connectivity index (χ3n) is 1.38. The molecule has 0 aromatic carbocycles. The fourth-order valence-corrected chi connectivity index (χ4v) is 0.734. The molecule has 0 saturated heterocycles. The summed E-state index contributed by atoms with van der Waals surface area (Å²) in [4.78, 5) is 21.8. The number of carbonyl (C=O) groups is 2. The van der Waals surface area contributed by atoms with Gasteiger partial charge in [-0.2, -0.15) is 0 Å². The zero-order valence-corrected chi connectivity index (χ0v) is 8.59. The maximum absolute atomic E-state index is 11.1. The molecule has 4 heteroatoms. The molecule has 0 radical (unpaired) electrons. The Labute approximate surface area is 78.4 Å². The predicted octanol–water partition coefficient (Wildman–Crippen LogP) is 0.840. The molecule has 0 aliphatic heterocycles. The minimum atomic E-state index is -0.506. The highest BCUT2D eigenvalue weighted by molar-refractivity contribution is 5.82. The summed E-state index contributed by atoms with van der Waals surface area (Å²) < 4.78 is 5.01. The Balaban J connectivity index is 3.96. The van der Waals surface area contributed by atoms with Crippen molar-refractivity contribution in [2.75, 3.05) is 0 Å². The second-order valence-electron chi connectivity index (χ2n) is 4.09. The number of primary amides is 1. The number of ether oxygens (including phenoxy) is 1. The molecular weight excluding hydrogens is 170 g/mol. The van der Waals surface area contributed by atoms with Crippen molar-refractivity contribution in [3.63, 3.8) is 0 Å². The van der Waals surface area contributed by atoms with Crippen molar-refractivity contribution >= 4 is 11.9 Å². The van der Waals surface area contributed by atoms with Crippen LogP contribution in [0.25, 0.3) is 0 Å². The van der Waals surface area contributed by atoms with Gasteiger partial charge in [0, 0.05) is 5.92 Å². The predicted molar refractivity (Wildman–Crippen MR) is 48.8 cm³/mol. The summed E-state index contributed by atoms with van der Waals surface area (Å²) >= 11 is 0. The van der Waals surface area contributed by atoms with Gasteiger partial charge in [0.2, 0.25) is 5.91 Å². The Morgan fingerprint density at radius 2 is 1.85 bits per heavy atom. The van der Waals surface area contributed by atoms with Crippen molar-refractivity contribution in [3.8, 4) is 0 Å². The fourth-order valence-electron chi connectivity index (χ4n) is 0.734. The van der Waals surface area contributed by atoms with E-state index in [2.05, 4.69) is 0 Å². The van der Waals surface area contributed by atoms with Gasteiger partial charge in [-0.25, -0.2) is 0 Å². The van der Waals surface area contributed by atoms with E-state index in [0.29, 0.717) is 0 Å². The summed E-state index contributed by atoms with van der Waals surface area (Å²) in [5.74, 6) is -1.33. The first-order valence-corrected chi connectivity index (χ1v) is 4.23. The average molecular weight is 187 g/mol. The van der Waals surface area contributed by atoms with Gasteiger partial charge >= 0.3 is 5.97 Å². The van der Waals surface area contributed by atoms with E-state index >= 15 is 0 Å². The molecule has 0 heterocycles. The Hall–Kier alpha value is -1.06. The van der Waals surface area contributed by atoms with Crippen molar-refractivity contribution in [1.82, 2.24) is 0 Å². The minimum absolute atomic E-state index is 0.0482. The molecule has 0 aromatic heterocycles. The molecule has 0 fully saturated rings. The van der Waals surface area contributed by atoms with Gasteiger partial charge in [0.05, 0.1) is 6.42 Å². The van der Waals surface area contributed by atoms with Crippen LogP contribution < -0.4 is 5.73 Å². The molecular formula is C9H17NO3. The number of amides is 1. The Morgan fingerprint density at radius 3 is 2.15 bits per heavy atom.